The Kier molecular flexibility index (Phi) is 3.19. The summed E-state index contributed by atoms with van der Waals surface area (Å²) >= 11 is 0. The normalized spacial score (nSPS) is 34.4. The van der Waals surface area contributed by atoms with Crippen LogP contribution in [0.3, 0.4) is 0 Å². The molecule has 1 aliphatic rings. The molecule has 0 radical (unpaired) electrons. The molecule has 2 unspecified atom stereocenters. The summed E-state index contributed by atoms with van der Waals surface area (Å²) in [6, 6.07) is 2.11. The van der Waals surface area contributed by atoms with Crippen LogP contribution in [0.4, 0.5) is 0 Å². The number of nitrogens with zero attached hydrogens (tertiary/aromatic N) is 2. The molecule has 0 aromatic carbocycles. The van der Waals surface area contributed by atoms with Crippen molar-refractivity contribution in [3.63, 3.8) is 0 Å². The van der Waals surface area contributed by atoms with Crippen molar-refractivity contribution in [2.24, 2.45) is 0 Å². The van der Waals surface area contributed by atoms with E-state index in [0.29, 0.717) is 18.1 Å². The van der Waals surface area contributed by atoms with Gasteiger partial charge in [0, 0.05) is 31.2 Å². The first-order valence-corrected chi connectivity index (χ1v) is 4.98. The van der Waals surface area contributed by atoms with E-state index in [1.54, 1.807) is 0 Å². The fourth-order valence-electron chi connectivity index (χ4n) is 1.87. The highest BCUT2D eigenvalue weighted by Gasteiger charge is 2.26. The number of piperazine rings is 1. The quantitative estimate of drug-likeness (QED) is 0.521. The molecule has 0 aromatic rings. The number of rotatable bonds is 1. The second-order valence-corrected chi connectivity index (χ2v) is 4.41. The third kappa shape index (κ3) is 2.02. The van der Waals surface area contributed by atoms with E-state index >= 15 is 0 Å². The molecule has 0 aromatic heterocycles. The molecular formula is C9H21BN2. The van der Waals surface area contributed by atoms with Crippen molar-refractivity contribution in [1.82, 2.24) is 9.71 Å². The molecule has 0 amide bonds. The zero-order valence-corrected chi connectivity index (χ0v) is 9.04. The smallest absolute Gasteiger partial charge is 0.186 e. The summed E-state index contributed by atoms with van der Waals surface area (Å²) in [6.45, 7) is 11.6. The SMILES string of the molecule is BN1C(C)CN(C(C)C)CC1C. The molecule has 0 saturated carbocycles. The molecule has 0 N–H and O–H groups in total. The topological polar surface area (TPSA) is 6.48 Å². The summed E-state index contributed by atoms with van der Waals surface area (Å²) in [4.78, 5) is 5.04. The van der Waals surface area contributed by atoms with E-state index in [-0.39, 0.29) is 0 Å². The van der Waals surface area contributed by atoms with Gasteiger partial charge in [0.1, 0.15) is 0 Å². The second-order valence-electron chi connectivity index (χ2n) is 4.41. The van der Waals surface area contributed by atoms with Crippen LogP contribution in [0.25, 0.3) is 0 Å². The minimum atomic E-state index is 0.698. The highest BCUT2D eigenvalue weighted by Crippen LogP contribution is 2.14. The summed E-state index contributed by atoms with van der Waals surface area (Å²) in [5.74, 6) is 0. The molecule has 1 heterocycles. The van der Waals surface area contributed by atoms with Gasteiger partial charge in [-0.1, -0.05) is 0 Å². The predicted octanol–water partition coefficient (Wildman–Crippen LogP) is 0.337. The molecule has 1 fully saturated rings. The average Bonchev–Trinajstić information content (AvgIpc) is 1.99. The van der Waals surface area contributed by atoms with Gasteiger partial charge in [-0.25, -0.2) is 0 Å². The van der Waals surface area contributed by atoms with Gasteiger partial charge < -0.3 is 4.81 Å². The van der Waals surface area contributed by atoms with Crippen molar-refractivity contribution >= 4 is 7.98 Å². The van der Waals surface area contributed by atoms with E-state index in [1.165, 1.54) is 13.1 Å². The summed E-state index contributed by atoms with van der Waals surface area (Å²) in [5.41, 5.74) is 0. The van der Waals surface area contributed by atoms with Crippen LogP contribution in [-0.2, 0) is 0 Å². The maximum Gasteiger partial charge on any atom is 0.186 e. The zero-order chi connectivity index (χ0) is 9.30. The Bertz CT molecular complexity index is 137. The number of hydrogen-bond donors (Lipinski definition) is 0. The molecule has 70 valence electrons. The van der Waals surface area contributed by atoms with E-state index in [0.717, 1.165) is 0 Å². The molecule has 3 heteroatoms. The Labute approximate surface area is 77.3 Å². The Hall–Kier alpha value is -0.0151. The number of hydrogen-bond acceptors (Lipinski definition) is 2. The van der Waals surface area contributed by atoms with Crippen molar-refractivity contribution in [3.8, 4) is 0 Å². The summed E-state index contributed by atoms with van der Waals surface area (Å²) in [7, 11) is 2.23. The third-order valence-electron chi connectivity index (χ3n) is 3.12. The minimum absolute atomic E-state index is 0.698. The first-order valence-electron chi connectivity index (χ1n) is 4.98. The van der Waals surface area contributed by atoms with Gasteiger partial charge in [0.2, 0.25) is 0 Å². The van der Waals surface area contributed by atoms with Crippen LogP contribution < -0.4 is 0 Å². The van der Waals surface area contributed by atoms with Crippen LogP contribution in [0.1, 0.15) is 27.7 Å². The van der Waals surface area contributed by atoms with E-state index in [9.17, 15) is 0 Å². The van der Waals surface area contributed by atoms with Crippen LogP contribution in [-0.4, -0.2) is 48.9 Å². The molecule has 1 saturated heterocycles. The lowest BCUT2D eigenvalue weighted by Gasteiger charge is -2.44. The van der Waals surface area contributed by atoms with Gasteiger partial charge in [-0.05, 0) is 27.7 Å². The third-order valence-corrected chi connectivity index (χ3v) is 3.12. The minimum Gasteiger partial charge on any atom is -0.342 e. The van der Waals surface area contributed by atoms with Crippen molar-refractivity contribution in [2.45, 2.75) is 45.8 Å². The fraction of sp³-hybridized carbons (Fsp3) is 1.00. The molecule has 0 bridgehead atoms. The van der Waals surface area contributed by atoms with E-state index < -0.39 is 0 Å². The summed E-state index contributed by atoms with van der Waals surface area (Å²) < 4.78 is 0. The largest absolute Gasteiger partial charge is 0.342 e. The molecule has 1 rings (SSSR count). The first-order chi connectivity index (χ1) is 5.52. The lowest BCUT2D eigenvalue weighted by atomic mass is 10.0. The lowest BCUT2D eigenvalue weighted by molar-refractivity contribution is 0.0804. The molecule has 1 aliphatic heterocycles. The molecule has 12 heavy (non-hydrogen) atoms. The van der Waals surface area contributed by atoms with E-state index in [2.05, 4.69) is 45.4 Å². The van der Waals surface area contributed by atoms with Crippen LogP contribution in [0.5, 0.6) is 0 Å². The Morgan fingerprint density at radius 2 is 1.58 bits per heavy atom. The van der Waals surface area contributed by atoms with Crippen LogP contribution in [0.15, 0.2) is 0 Å². The molecular weight excluding hydrogens is 147 g/mol. The van der Waals surface area contributed by atoms with Crippen LogP contribution in [0.2, 0.25) is 0 Å². The van der Waals surface area contributed by atoms with Gasteiger partial charge in [-0.3, -0.25) is 4.90 Å². The zero-order valence-electron chi connectivity index (χ0n) is 9.04. The highest BCUT2D eigenvalue weighted by atomic mass is 15.3. The molecule has 0 aliphatic carbocycles. The van der Waals surface area contributed by atoms with Gasteiger partial charge in [-0.2, -0.15) is 0 Å². The monoisotopic (exact) mass is 168 g/mol. The molecule has 2 nitrogen and oxygen atoms in total. The van der Waals surface area contributed by atoms with Gasteiger partial charge in [0.15, 0.2) is 7.98 Å². The second kappa shape index (κ2) is 3.80. The van der Waals surface area contributed by atoms with Crippen molar-refractivity contribution in [1.29, 1.82) is 0 Å². The Balaban J connectivity index is 2.53. The van der Waals surface area contributed by atoms with E-state index in [4.69, 9.17) is 0 Å². The molecule has 0 spiro atoms. The van der Waals surface area contributed by atoms with Gasteiger partial charge in [0.25, 0.3) is 0 Å². The average molecular weight is 168 g/mol. The predicted molar refractivity (Wildman–Crippen MR) is 56.0 cm³/mol. The van der Waals surface area contributed by atoms with Crippen LogP contribution >= 0.6 is 0 Å². The maximum absolute atomic E-state index is 2.56. The van der Waals surface area contributed by atoms with Gasteiger partial charge in [0.05, 0.1) is 0 Å². The van der Waals surface area contributed by atoms with Gasteiger partial charge in [-0.15, -0.1) is 0 Å². The summed E-state index contributed by atoms with van der Waals surface area (Å²) in [5, 5.41) is 0. The fourth-order valence-corrected chi connectivity index (χ4v) is 1.87. The Morgan fingerprint density at radius 1 is 1.17 bits per heavy atom. The van der Waals surface area contributed by atoms with Crippen LogP contribution in [0, 0.1) is 0 Å². The Morgan fingerprint density at radius 3 is 1.92 bits per heavy atom. The van der Waals surface area contributed by atoms with Crippen molar-refractivity contribution < 1.29 is 0 Å². The molecule has 2 atom stereocenters. The van der Waals surface area contributed by atoms with Gasteiger partial charge >= 0.3 is 0 Å². The standard InChI is InChI=1S/C9H21BN2/c1-7(2)11-5-8(3)12(10)9(4)6-11/h7-9H,5-6,10H2,1-4H3. The van der Waals surface area contributed by atoms with Crippen molar-refractivity contribution in [2.75, 3.05) is 13.1 Å². The first kappa shape index (κ1) is 10.1. The summed E-state index contributed by atoms with van der Waals surface area (Å²) in [6.07, 6.45) is 0. The lowest BCUT2D eigenvalue weighted by Crippen LogP contribution is -2.57. The highest BCUT2D eigenvalue weighted by molar-refractivity contribution is 6.04. The van der Waals surface area contributed by atoms with E-state index in [1.807, 2.05) is 0 Å². The van der Waals surface area contributed by atoms with Crippen molar-refractivity contribution in [3.05, 3.63) is 0 Å². The maximum atomic E-state index is 2.56.